The second-order valence-corrected chi connectivity index (χ2v) is 5.71. The van der Waals surface area contributed by atoms with E-state index in [4.69, 9.17) is 0 Å². The Hall–Kier alpha value is -0.930. The van der Waals surface area contributed by atoms with Crippen LogP contribution in [0.2, 0.25) is 0 Å². The van der Waals surface area contributed by atoms with Gasteiger partial charge >= 0.3 is 0 Å². The first-order valence-corrected chi connectivity index (χ1v) is 8.01. The van der Waals surface area contributed by atoms with Crippen LogP contribution in [-0.2, 0) is 0 Å². The van der Waals surface area contributed by atoms with Crippen molar-refractivity contribution in [3.05, 3.63) is 35.6 Å². The lowest BCUT2D eigenvalue weighted by Crippen LogP contribution is -2.30. The van der Waals surface area contributed by atoms with Crippen molar-refractivity contribution in [3.8, 4) is 0 Å². The third kappa shape index (κ3) is 4.88. The van der Waals surface area contributed by atoms with Gasteiger partial charge < -0.3 is 10.2 Å². The monoisotopic (exact) mass is 278 g/mol. The van der Waals surface area contributed by atoms with Gasteiger partial charge in [0.05, 0.1) is 0 Å². The summed E-state index contributed by atoms with van der Waals surface area (Å²) in [5.74, 6) is -0.139. The lowest BCUT2D eigenvalue weighted by Gasteiger charge is -2.24. The van der Waals surface area contributed by atoms with Crippen molar-refractivity contribution < 1.29 is 4.39 Å². The molecule has 0 spiro atoms. The van der Waals surface area contributed by atoms with E-state index in [0.717, 1.165) is 25.1 Å². The summed E-state index contributed by atoms with van der Waals surface area (Å²) in [6, 6.07) is 7.27. The van der Waals surface area contributed by atoms with E-state index in [0.29, 0.717) is 0 Å². The Morgan fingerprint density at radius 1 is 1.20 bits per heavy atom. The maximum absolute atomic E-state index is 13.4. The number of hydrogen-bond donors (Lipinski definition) is 1. The largest absolute Gasteiger partial charge is 0.310 e. The third-order valence-electron chi connectivity index (χ3n) is 4.13. The van der Waals surface area contributed by atoms with Crippen LogP contribution in [0.25, 0.3) is 0 Å². The van der Waals surface area contributed by atoms with E-state index in [1.807, 2.05) is 6.07 Å². The molecule has 1 atom stereocenters. The van der Waals surface area contributed by atoms with Crippen molar-refractivity contribution in [3.63, 3.8) is 0 Å². The zero-order valence-corrected chi connectivity index (χ0v) is 12.6. The number of likely N-dealkylation sites (tertiary alicyclic amines) is 1. The quantitative estimate of drug-likeness (QED) is 0.852. The van der Waals surface area contributed by atoms with Crippen LogP contribution in [0, 0.1) is 5.82 Å². The zero-order valence-electron chi connectivity index (χ0n) is 12.6. The second-order valence-electron chi connectivity index (χ2n) is 5.71. The molecule has 1 aromatic rings. The minimum absolute atomic E-state index is 0.139. The fraction of sp³-hybridized carbons (Fsp3) is 0.647. The maximum atomic E-state index is 13.4. The van der Waals surface area contributed by atoms with E-state index < -0.39 is 0 Å². The van der Waals surface area contributed by atoms with Crippen LogP contribution >= 0.6 is 0 Å². The molecule has 0 amide bonds. The smallest absolute Gasteiger partial charge is 0.123 e. The van der Waals surface area contributed by atoms with Gasteiger partial charge in [0, 0.05) is 6.04 Å². The SMILES string of the molecule is CCNC(CCN1CCCCCC1)c1cccc(F)c1. The molecule has 2 nitrogen and oxygen atoms in total. The standard InChI is InChI=1S/C17H27FN2/c1-2-19-17(15-8-7-9-16(18)14-15)10-13-20-11-5-3-4-6-12-20/h7-9,14,17,19H,2-6,10-13H2,1H3. The topological polar surface area (TPSA) is 15.3 Å². The average Bonchev–Trinajstić information content (AvgIpc) is 2.72. The molecule has 2 rings (SSSR count). The molecular formula is C17H27FN2. The van der Waals surface area contributed by atoms with E-state index >= 15 is 0 Å². The molecule has 0 bridgehead atoms. The predicted molar refractivity (Wildman–Crippen MR) is 82.3 cm³/mol. The van der Waals surface area contributed by atoms with Gasteiger partial charge in [0.15, 0.2) is 0 Å². The van der Waals surface area contributed by atoms with E-state index in [1.165, 1.54) is 44.8 Å². The maximum Gasteiger partial charge on any atom is 0.123 e. The van der Waals surface area contributed by atoms with Crippen LogP contribution in [0.4, 0.5) is 4.39 Å². The highest BCUT2D eigenvalue weighted by Gasteiger charge is 2.14. The first kappa shape index (κ1) is 15.5. The van der Waals surface area contributed by atoms with Gasteiger partial charge in [-0.2, -0.15) is 0 Å². The summed E-state index contributed by atoms with van der Waals surface area (Å²) in [6.45, 7) is 6.58. The summed E-state index contributed by atoms with van der Waals surface area (Å²) >= 11 is 0. The van der Waals surface area contributed by atoms with Gasteiger partial charge in [0.2, 0.25) is 0 Å². The lowest BCUT2D eigenvalue weighted by atomic mass is 10.0. The second kappa shape index (κ2) is 8.38. The summed E-state index contributed by atoms with van der Waals surface area (Å²) in [7, 11) is 0. The van der Waals surface area contributed by atoms with Crippen molar-refractivity contribution in [2.45, 2.75) is 45.1 Å². The molecule has 0 aliphatic carbocycles. The molecule has 1 unspecified atom stereocenters. The molecule has 0 radical (unpaired) electrons. The van der Waals surface area contributed by atoms with Crippen LogP contribution in [0.5, 0.6) is 0 Å². The fourth-order valence-electron chi connectivity index (χ4n) is 3.03. The van der Waals surface area contributed by atoms with Crippen molar-refractivity contribution in [1.29, 1.82) is 0 Å². The number of benzene rings is 1. The molecule has 1 aromatic carbocycles. The minimum atomic E-state index is -0.139. The summed E-state index contributed by atoms with van der Waals surface area (Å²) in [5.41, 5.74) is 1.07. The normalized spacial score (nSPS) is 18.7. The number of nitrogens with one attached hydrogen (secondary N) is 1. The minimum Gasteiger partial charge on any atom is -0.310 e. The third-order valence-corrected chi connectivity index (χ3v) is 4.13. The summed E-state index contributed by atoms with van der Waals surface area (Å²) in [4.78, 5) is 2.57. The van der Waals surface area contributed by atoms with Crippen LogP contribution in [-0.4, -0.2) is 31.1 Å². The van der Waals surface area contributed by atoms with Gasteiger partial charge in [-0.25, -0.2) is 4.39 Å². The van der Waals surface area contributed by atoms with Gasteiger partial charge in [-0.1, -0.05) is 31.9 Å². The first-order chi connectivity index (χ1) is 9.79. The molecule has 112 valence electrons. The molecule has 1 heterocycles. The van der Waals surface area contributed by atoms with Crippen molar-refractivity contribution in [2.75, 3.05) is 26.2 Å². The van der Waals surface area contributed by atoms with E-state index in [-0.39, 0.29) is 11.9 Å². The lowest BCUT2D eigenvalue weighted by molar-refractivity contribution is 0.266. The van der Waals surface area contributed by atoms with Crippen LogP contribution < -0.4 is 5.32 Å². The highest BCUT2D eigenvalue weighted by atomic mass is 19.1. The summed E-state index contributed by atoms with van der Waals surface area (Å²) < 4.78 is 13.4. The van der Waals surface area contributed by atoms with E-state index in [9.17, 15) is 4.39 Å². The van der Waals surface area contributed by atoms with Gasteiger partial charge in [-0.15, -0.1) is 0 Å². The fourth-order valence-corrected chi connectivity index (χ4v) is 3.03. The molecule has 1 N–H and O–H groups in total. The Morgan fingerprint density at radius 2 is 1.95 bits per heavy atom. The van der Waals surface area contributed by atoms with Gasteiger partial charge in [-0.05, 0) is 63.1 Å². The number of halogens is 1. The molecule has 0 aromatic heterocycles. The Kier molecular flexibility index (Phi) is 6.48. The van der Waals surface area contributed by atoms with Crippen molar-refractivity contribution in [2.24, 2.45) is 0 Å². The highest BCUT2D eigenvalue weighted by molar-refractivity contribution is 5.20. The molecule has 20 heavy (non-hydrogen) atoms. The molecule has 0 saturated carbocycles. The molecule has 1 saturated heterocycles. The van der Waals surface area contributed by atoms with E-state index in [2.05, 4.69) is 17.1 Å². The Labute approximate surface area is 122 Å². The molecule has 3 heteroatoms. The van der Waals surface area contributed by atoms with Crippen LogP contribution in [0.3, 0.4) is 0 Å². The summed E-state index contributed by atoms with van der Waals surface area (Å²) in [6.07, 6.45) is 6.45. The van der Waals surface area contributed by atoms with Gasteiger partial charge in [-0.3, -0.25) is 0 Å². The summed E-state index contributed by atoms with van der Waals surface area (Å²) in [5, 5.41) is 3.49. The Balaban J connectivity index is 1.91. The van der Waals surface area contributed by atoms with Crippen LogP contribution in [0.1, 0.15) is 50.6 Å². The first-order valence-electron chi connectivity index (χ1n) is 8.01. The van der Waals surface area contributed by atoms with Crippen molar-refractivity contribution >= 4 is 0 Å². The molecule has 1 fully saturated rings. The zero-order chi connectivity index (χ0) is 14.2. The molecule has 1 aliphatic heterocycles. The number of rotatable bonds is 6. The van der Waals surface area contributed by atoms with Crippen LogP contribution in [0.15, 0.2) is 24.3 Å². The van der Waals surface area contributed by atoms with Gasteiger partial charge in [0.1, 0.15) is 5.82 Å². The Bertz CT molecular complexity index is 386. The van der Waals surface area contributed by atoms with Gasteiger partial charge in [0.25, 0.3) is 0 Å². The predicted octanol–water partition coefficient (Wildman–Crippen LogP) is 3.74. The highest BCUT2D eigenvalue weighted by Crippen LogP contribution is 2.19. The number of hydrogen-bond acceptors (Lipinski definition) is 2. The Morgan fingerprint density at radius 3 is 2.60 bits per heavy atom. The molecule has 1 aliphatic rings. The van der Waals surface area contributed by atoms with Crippen molar-refractivity contribution in [1.82, 2.24) is 10.2 Å². The molecular weight excluding hydrogens is 251 g/mol. The average molecular weight is 278 g/mol. The van der Waals surface area contributed by atoms with E-state index in [1.54, 1.807) is 12.1 Å². The number of nitrogens with zero attached hydrogens (tertiary/aromatic N) is 1.